The first-order valence-corrected chi connectivity index (χ1v) is 5.29. The van der Waals surface area contributed by atoms with Crippen LogP contribution in [0.25, 0.3) is 0 Å². The van der Waals surface area contributed by atoms with E-state index >= 15 is 0 Å². The Morgan fingerprint density at radius 1 is 1.56 bits per heavy atom. The molecular formula is C11H15N3O4. The summed E-state index contributed by atoms with van der Waals surface area (Å²) in [6, 6.07) is 4.23. The van der Waals surface area contributed by atoms with E-state index in [0.717, 1.165) is 0 Å². The summed E-state index contributed by atoms with van der Waals surface area (Å²) in [5.74, 6) is -0.391. The van der Waals surface area contributed by atoms with Crippen molar-refractivity contribution in [2.45, 2.75) is 0 Å². The van der Waals surface area contributed by atoms with E-state index in [9.17, 15) is 14.9 Å². The van der Waals surface area contributed by atoms with Gasteiger partial charge in [0.15, 0.2) is 0 Å². The lowest BCUT2D eigenvalue weighted by atomic mass is 10.1. The van der Waals surface area contributed by atoms with Gasteiger partial charge in [0.25, 0.3) is 5.91 Å². The maximum absolute atomic E-state index is 12.1. The number of carbonyl (C=O) groups excluding carboxylic acids is 1. The summed E-state index contributed by atoms with van der Waals surface area (Å²) in [7, 11) is 2.87. The number of hydrogen-bond donors (Lipinski definition) is 1. The second-order valence-electron chi connectivity index (χ2n) is 3.63. The molecule has 0 spiro atoms. The van der Waals surface area contributed by atoms with E-state index in [1.807, 2.05) is 0 Å². The van der Waals surface area contributed by atoms with Gasteiger partial charge in [-0.1, -0.05) is 6.07 Å². The highest BCUT2D eigenvalue weighted by molar-refractivity contribution is 5.98. The number of methoxy groups -OCH3 is 1. The normalized spacial score (nSPS) is 9.94. The fourth-order valence-corrected chi connectivity index (χ4v) is 1.55. The lowest BCUT2D eigenvalue weighted by Crippen LogP contribution is -2.32. The Morgan fingerprint density at radius 2 is 2.22 bits per heavy atom. The predicted octanol–water partition coefficient (Wildman–Crippen LogP) is 0.634. The number of benzene rings is 1. The van der Waals surface area contributed by atoms with E-state index in [4.69, 9.17) is 10.5 Å². The average molecular weight is 253 g/mol. The number of nitrogens with zero attached hydrogens (tertiary/aromatic N) is 2. The van der Waals surface area contributed by atoms with Crippen molar-refractivity contribution < 1.29 is 14.5 Å². The molecule has 2 N–H and O–H groups in total. The summed E-state index contributed by atoms with van der Waals surface area (Å²) >= 11 is 0. The number of carbonyl (C=O) groups is 1. The van der Waals surface area contributed by atoms with Crippen molar-refractivity contribution in [2.24, 2.45) is 5.73 Å². The maximum Gasteiger partial charge on any atom is 0.311 e. The van der Waals surface area contributed by atoms with Crippen LogP contribution in [0.1, 0.15) is 10.4 Å². The molecule has 1 aromatic carbocycles. The molecule has 0 fully saturated rings. The van der Waals surface area contributed by atoms with Crippen LogP contribution in [-0.4, -0.2) is 43.0 Å². The minimum atomic E-state index is -0.585. The van der Waals surface area contributed by atoms with E-state index in [0.29, 0.717) is 13.1 Å². The molecule has 0 heterocycles. The monoisotopic (exact) mass is 253 g/mol. The van der Waals surface area contributed by atoms with Crippen LogP contribution in [0.15, 0.2) is 18.2 Å². The fourth-order valence-electron chi connectivity index (χ4n) is 1.55. The van der Waals surface area contributed by atoms with Gasteiger partial charge in [0.2, 0.25) is 5.75 Å². The zero-order chi connectivity index (χ0) is 13.7. The smallest absolute Gasteiger partial charge is 0.311 e. The van der Waals surface area contributed by atoms with Gasteiger partial charge >= 0.3 is 5.69 Å². The molecule has 1 rings (SSSR count). The summed E-state index contributed by atoms with van der Waals surface area (Å²) in [6.45, 7) is 0.685. The van der Waals surface area contributed by atoms with Crippen LogP contribution in [0.2, 0.25) is 0 Å². The van der Waals surface area contributed by atoms with E-state index in [-0.39, 0.29) is 22.9 Å². The first-order chi connectivity index (χ1) is 8.52. The van der Waals surface area contributed by atoms with Gasteiger partial charge in [-0.25, -0.2) is 0 Å². The zero-order valence-corrected chi connectivity index (χ0v) is 10.3. The molecule has 0 radical (unpaired) electrons. The second kappa shape index (κ2) is 5.97. The molecule has 0 saturated heterocycles. The van der Waals surface area contributed by atoms with E-state index in [1.54, 1.807) is 7.05 Å². The maximum atomic E-state index is 12.1. The van der Waals surface area contributed by atoms with Crippen LogP contribution in [0, 0.1) is 10.1 Å². The van der Waals surface area contributed by atoms with Gasteiger partial charge < -0.3 is 15.4 Å². The first kappa shape index (κ1) is 13.9. The number of likely N-dealkylation sites (N-methyl/N-ethyl adjacent to an activating group) is 1. The highest BCUT2D eigenvalue weighted by Gasteiger charge is 2.24. The SMILES string of the molecule is COc1c(C(=O)N(C)CCN)cccc1[N+](=O)[O-]. The van der Waals surface area contributed by atoms with Gasteiger partial charge in [0.1, 0.15) is 0 Å². The van der Waals surface area contributed by atoms with Crippen molar-refractivity contribution in [3.8, 4) is 5.75 Å². The number of hydrogen-bond acceptors (Lipinski definition) is 5. The Labute approximate surface area is 104 Å². The van der Waals surface area contributed by atoms with Crippen molar-refractivity contribution >= 4 is 11.6 Å². The fraction of sp³-hybridized carbons (Fsp3) is 0.364. The lowest BCUT2D eigenvalue weighted by molar-refractivity contribution is -0.385. The van der Waals surface area contributed by atoms with Crippen molar-refractivity contribution in [3.63, 3.8) is 0 Å². The summed E-state index contributed by atoms with van der Waals surface area (Å²) in [5, 5.41) is 10.8. The number of rotatable bonds is 5. The van der Waals surface area contributed by atoms with E-state index in [1.165, 1.54) is 30.2 Å². The Hall–Kier alpha value is -2.15. The number of amides is 1. The predicted molar refractivity (Wildman–Crippen MR) is 65.7 cm³/mol. The lowest BCUT2D eigenvalue weighted by Gasteiger charge is -2.17. The Balaban J connectivity index is 3.20. The van der Waals surface area contributed by atoms with Gasteiger partial charge in [0, 0.05) is 26.2 Å². The number of nitro benzene ring substituents is 1. The highest BCUT2D eigenvalue weighted by atomic mass is 16.6. The molecule has 98 valence electrons. The molecule has 0 saturated carbocycles. The molecule has 7 heteroatoms. The molecule has 0 aliphatic heterocycles. The largest absolute Gasteiger partial charge is 0.490 e. The van der Waals surface area contributed by atoms with Gasteiger partial charge in [-0.3, -0.25) is 14.9 Å². The van der Waals surface area contributed by atoms with Crippen LogP contribution in [0.4, 0.5) is 5.69 Å². The molecular weight excluding hydrogens is 238 g/mol. The molecule has 1 amide bonds. The molecule has 0 atom stereocenters. The topological polar surface area (TPSA) is 98.7 Å². The summed E-state index contributed by atoms with van der Waals surface area (Å²) in [5.41, 5.74) is 5.28. The molecule has 0 unspecified atom stereocenters. The van der Waals surface area contributed by atoms with Crippen LogP contribution < -0.4 is 10.5 Å². The summed E-state index contributed by atoms with van der Waals surface area (Å²) in [4.78, 5) is 23.7. The average Bonchev–Trinajstić information content (AvgIpc) is 2.36. The molecule has 1 aromatic rings. The molecule has 0 bridgehead atoms. The van der Waals surface area contributed by atoms with E-state index in [2.05, 4.69) is 0 Å². The van der Waals surface area contributed by atoms with Crippen molar-refractivity contribution in [2.75, 3.05) is 27.2 Å². The third-order valence-corrected chi connectivity index (χ3v) is 2.44. The van der Waals surface area contributed by atoms with Gasteiger partial charge in [-0.2, -0.15) is 0 Å². The number of nitrogens with two attached hydrogens (primary N) is 1. The summed E-state index contributed by atoms with van der Waals surface area (Å²) < 4.78 is 4.97. The van der Waals surface area contributed by atoms with E-state index < -0.39 is 4.92 Å². The third kappa shape index (κ3) is 2.75. The summed E-state index contributed by atoms with van der Waals surface area (Å²) in [6.07, 6.45) is 0. The van der Waals surface area contributed by atoms with Gasteiger partial charge in [-0.05, 0) is 6.07 Å². The standard InChI is InChI=1S/C11H15N3O4/c1-13(7-6-12)11(15)8-4-3-5-9(14(16)17)10(8)18-2/h3-5H,6-7,12H2,1-2H3. The number of nitro groups is 1. The van der Waals surface area contributed by atoms with Gasteiger partial charge in [0.05, 0.1) is 17.6 Å². The molecule has 0 aliphatic carbocycles. The Kier molecular flexibility index (Phi) is 4.61. The van der Waals surface area contributed by atoms with Crippen molar-refractivity contribution in [3.05, 3.63) is 33.9 Å². The van der Waals surface area contributed by atoms with Crippen LogP contribution in [0.5, 0.6) is 5.75 Å². The second-order valence-corrected chi connectivity index (χ2v) is 3.63. The molecule has 0 aromatic heterocycles. The minimum Gasteiger partial charge on any atom is -0.490 e. The Morgan fingerprint density at radius 3 is 2.72 bits per heavy atom. The van der Waals surface area contributed by atoms with Gasteiger partial charge in [-0.15, -0.1) is 0 Å². The Bertz CT molecular complexity index is 462. The minimum absolute atomic E-state index is 0.0311. The van der Waals surface area contributed by atoms with Crippen LogP contribution in [0.3, 0.4) is 0 Å². The van der Waals surface area contributed by atoms with Crippen molar-refractivity contribution in [1.82, 2.24) is 4.90 Å². The molecule has 0 aliphatic rings. The van der Waals surface area contributed by atoms with Crippen molar-refractivity contribution in [1.29, 1.82) is 0 Å². The molecule has 7 nitrogen and oxygen atoms in total. The zero-order valence-electron chi connectivity index (χ0n) is 10.3. The number of ether oxygens (including phenoxy) is 1. The highest BCUT2D eigenvalue weighted by Crippen LogP contribution is 2.31. The van der Waals surface area contributed by atoms with Crippen LogP contribution in [-0.2, 0) is 0 Å². The number of para-hydroxylation sites is 1. The molecule has 18 heavy (non-hydrogen) atoms. The first-order valence-electron chi connectivity index (χ1n) is 5.29. The third-order valence-electron chi connectivity index (χ3n) is 2.44. The van der Waals surface area contributed by atoms with Crippen LogP contribution >= 0.6 is 0 Å². The quantitative estimate of drug-likeness (QED) is 0.613.